The number of anilines is 2. The molecule has 0 radical (unpaired) electrons. The predicted molar refractivity (Wildman–Crippen MR) is 108 cm³/mol. The largest absolute Gasteiger partial charge is 0.356 e. The first kappa shape index (κ1) is 17.9. The fourth-order valence-electron chi connectivity index (χ4n) is 2.82. The van der Waals surface area contributed by atoms with Gasteiger partial charge in [0.1, 0.15) is 5.82 Å². The Labute approximate surface area is 161 Å². The number of carbonyl (C=O) groups excluding carboxylic acids is 1. The summed E-state index contributed by atoms with van der Waals surface area (Å²) < 4.78 is 1.05. The van der Waals surface area contributed by atoms with Crippen molar-refractivity contribution in [1.82, 2.24) is 15.3 Å². The van der Waals surface area contributed by atoms with Gasteiger partial charge >= 0.3 is 0 Å². The number of hydrogen-bond acceptors (Lipinski definition) is 5. The molecule has 0 bridgehead atoms. The van der Waals surface area contributed by atoms with Gasteiger partial charge in [0, 0.05) is 47.1 Å². The highest BCUT2D eigenvalue weighted by Gasteiger charge is 2.15. The molecule has 7 heteroatoms. The Balaban J connectivity index is 1.51. The fourth-order valence-corrected chi connectivity index (χ4v) is 3.36. The van der Waals surface area contributed by atoms with Crippen LogP contribution in [-0.2, 0) is 0 Å². The Morgan fingerprint density at radius 1 is 1.20 bits per heavy atom. The van der Waals surface area contributed by atoms with Crippen molar-refractivity contribution in [2.24, 2.45) is 0 Å². The van der Waals surface area contributed by atoms with Crippen molar-refractivity contribution in [2.45, 2.75) is 19.8 Å². The molecule has 6 nitrogen and oxygen atoms in total. The van der Waals surface area contributed by atoms with Gasteiger partial charge in [-0.3, -0.25) is 4.79 Å². The summed E-state index contributed by atoms with van der Waals surface area (Å²) in [6.07, 6.45) is 2.44. The topological polar surface area (TPSA) is 70.2 Å². The van der Waals surface area contributed by atoms with Crippen molar-refractivity contribution in [2.75, 3.05) is 36.4 Å². The van der Waals surface area contributed by atoms with E-state index in [0.717, 1.165) is 28.2 Å². The zero-order chi connectivity index (χ0) is 17.6. The Bertz CT molecular complexity index is 746. The number of halogens is 1. The first-order chi connectivity index (χ1) is 12.1. The average Bonchev–Trinajstić information content (AvgIpc) is 3.13. The van der Waals surface area contributed by atoms with Gasteiger partial charge in [0.2, 0.25) is 5.95 Å². The standard InChI is InChI=1S/C18H22IN5O/c1-13-11-16(24-9-2-3-10-24)23-18(22-13)21-8-7-20-17(25)14-5-4-6-15(19)12-14/h4-6,11-12H,2-3,7-10H2,1H3,(H,20,25)(H,21,22,23). The molecule has 1 aromatic heterocycles. The van der Waals surface area contributed by atoms with E-state index >= 15 is 0 Å². The summed E-state index contributed by atoms with van der Waals surface area (Å²) in [4.78, 5) is 23.4. The number of nitrogens with zero attached hydrogens (tertiary/aromatic N) is 3. The van der Waals surface area contributed by atoms with Gasteiger partial charge in [-0.15, -0.1) is 0 Å². The molecule has 0 saturated carbocycles. The summed E-state index contributed by atoms with van der Waals surface area (Å²) in [6.45, 7) is 5.19. The van der Waals surface area contributed by atoms with Crippen molar-refractivity contribution in [3.63, 3.8) is 0 Å². The van der Waals surface area contributed by atoms with Gasteiger partial charge in [-0.05, 0) is 60.6 Å². The van der Waals surface area contributed by atoms with Crippen molar-refractivity contribution in [3.05, 3.63) is 45.2 Å². The molecule has 3 rings (SSSR count). The third-order valence-electron chi connectivity index (χ3n) is 4.05. The van der Waals surface area contributed by atoms with Crippen LogP contribution in [0.1, 0.15) is 28.9 Å². The van der Waals surface area contributed by atoms with E-state index < -0.39 is 0 Å². The number of aryl methyl sites for hydroxylation is 1. The van der Waals surface area contributed by atoms with Crippen LogP contribution in [0.15, 0.2) is 30.3 Å². The second-order valence-electron chi connectivity index (χ2n) is 6.08. The van der Waals surface area contributed by atoms with Crippen molar-refractivity contribution in [3.8, 4) is 0 Å². The zero-order valence-corrected chi connectivity index (χ0v) is 16.4. The summed E-state index contributed by atoms with van der Waals surface area (Å²) in [5.41, 5.74) is 1.62. The minimum atomic E-state index is -0.0665. The summed E-state index contributed by atoms with van der Waals surface area (Å²) in [7, 11) is 0. The van der Waals surface area contributed by atoms with E-state index in [-0.39, 0.29) is 5.91 Å². The Hall–Kier alpha value is -1.90. The lowest BCUT2D eigenvalue weighted by Gasteiger charge is -2.17. The van der Waals surface area contributed by atoms with Crippen molar-refractivity contribution in [1.29, 1.82) is 0 Å². The fraction of sp³-hybridized carbons (Fsp3) is 0.389. The molecule has 1 aliphatic rings. The molecule has 0 aliphatic carbocycles. The third kappa shape index (κ3) is 5.04. The molecule has 25 heavy (non-hydrogen) atoms. The van der Waals surface area contributed by atoms with E-state index in [4.69, 9.17) is 0 Å². The van der Waals surface area contributed by atoms with Gasteiger partial charge in [-0.1, -0.05) is 6.07 Å². The number of rotatable bonds is 6. The number of nitrogens with one attached hydrogen (secondary N) is 2. The smallest absolute Gasteiger partial charge is 0.251 e. The second kappa shape index (κ2) is 8.46. The number of benzene rings is 1. The normalized spacial score (nSPS) is 13.8. The molecule has 1 amide bonds. The monoisotopic (exact) mass is 451 g/mol. The maximum absolute atomic E-state index is 12.1. The van der Waals surface area contributed by atoms with Crippen molar-refractivity contribution < 1.29 is 4.79 Å². The highest BCUT2D eigenvalue weighted by atomic mass is 127. The Morgan fingerprint density at radius 3 is 2.76 bits per heavy atom. The molecular weight excluding hydrogens is 429 g/mol. The SMILES string of the molecule is Cc1cc(N2CCCC2)nc(NCCNC(=O)c2cccc(I)c2)n1. The Morgan fingerprint density at radius 2 is 2.00 bits per heavy atom. The lowest BCUT2D eigenvalue weighted by atomic mass is 10.2. The van der Waals surface area contributed by atoms with E-state index in [2.05, 4.69) is 48.1 Å². The van der Waals surface area contributed by atoms with Crippen LogP contribution in [0, 0.1) is 10.5 Å². The minimum absolute atomic E-state index is 0.0665. The lowest BCUT2D eigenvalue weighted by Crippen LogP contribution is -2.29. The van der Waals surface area contributed by atoms with E-state index in [1.165, 1.54) is 12.8 Å². The summed E-state index contributed by atoms with van der Waals surface area (Å²) >= 11 is 2.20. The number of hydrogen-bond donors (Lipinski definition) is 2. The van der Waals surface area contributed by atoms with Crippen LogP contribution in [0.4, 0.5) is 11.8 Å². The van der Waals surface area contributed by atoms with Crippen LogP contribution in [0.3, 0.4) is 0 Å². The van der Waals surface area contributed by atoms with Gasteiger partial charge in [0.25, 0.3) is 5.91 Å². The second-order valence-corrected chi connectivity index (χ2v) is 7.32. The predicted octanol–water partition coefficient (Wildman–Crippen LogP) is 2.83. The number of carbonyl (C=O) groups is 1. The third-order valence-corrected chi connectivity index (χ3v) is 4.72. The highest BCUT2D eigenvalue weighted by Crippen LogP contribution is 2.19. The molecule has 132 valence electrons. The summed E-state index contributed by atoms with van der Waals surface area (Å²) in [6, 6.07) is 9.56. The van der Waals surface area contributed by atoms with Gasteiger partial charge in [-0.25, -0.2) is 4.98 Å². The molecule has 1 saturated heterocycles. The summed E-state index contributed by atoms with van der Waals surface area (Å²) in [5, 5.41) is 6.11. The molecule has 0 atom stereocenters. The number of amides is 1. The molecule has 0 unspecified atom stereocenters. The first-order valence-electron chi connectivity index (χ1n) is 8.50. The molecule has 1 fully saturated rings. The van der Waals surface area contributed by atoms with Crippen LogP contribution in [0.2, 0.25) is 0 Å². The average molecular weight is 451 g/mol. The van der Waals surface area contributed by atoms with Crippen LogP contribution in [0.5, 0.6) is 0 Å². The molecular formula is C18H22IN5O. The van der Waals surface area contributed by atoms with Gasteiger partial charge in [-0.2, -0.15) is 4.98 Å². The van der Waals surface area contributed by atoms with E-state index in [1.54, 1.807) is 0 Å². The van der Waals surface area contributed by atoms with E-state index in [0.29, 0.717) is 24.6 Å². The van der Waals surface area contributed by atoms with Crippen LogP contribution >= 0.6 is 22.6 Å². The first-order valence-corrected chi connectivity index (χ1v) is 9.58. The van der Waals surface area contributed by atoms with Gasteiger partial charge in [0.05, 0.1) is 0 Å². The maximum Gasteiger partial charge on any atom is 0.251 e. The van der Waals surface area contributed by atoms with Crippen molar-refractivity contribution >= 4 is 40.3 Å². The Kier molecular flexibility index (Phi) is 6.06. The highest BCUT2D eigenvalue weighted by molar-refractivity contribution is 14.1. The minimum Gasteiger partial charge on any atom is -0.356 e. The van der Waals surface area contributed by atoms with Crippen LogP contribution < -0.4 is 15.5 Å². The summed E-state index contributed by atoms with van der Waals surface area (Å²) in [5.74, 6) is 1.53. The van der Waals surface area contributed by atoms with E-state index in [9.17, 15) is 4.79 Å². The molecule has 2 aromatic rings. The molecule has 1 aromatic carbocycles. The maximum atomic E-state index is 12.1. The van der Waals surface area contributed by atoms with Gasteiger partial charge < -0.3 is 15.5 Å². The zero-order valence-electron chi connectivity index (χ0n) is 14.3. The van der Waals surface area contributed by atoms with Crippen LogP contribution in [0.25, 0.3) is 0 Å². The quantitative estimate of drug-likeness (QED) is 0.522. The molecule has 0 spiro atoms. The lowest BCUT2D eigenvalue weighted by molar-refractivity contribution is 0.0955. The number of aromatic nitrogens is 2. The van der Waals surface area contributed by atoms with E-state index in [1.807, 2.05) is 37.3 Å². The molecule has 2 heterocycles. The molecule has 1 aliphatic heterocycles. The molecule has 2 N–H and O–H groups in total. The van der Waals surface area contributed by atoms with Crippen LogP contribution in [-0.4, -0.2) is 42.1 Å². The van der Waals surface area contributed by atoms with Gasteiger partial charge in [0.15, 0.2) is 0 Å².